The molecule has 0 aliphatic heterocycles. The molecule has 94 valence electrons. The van der Waals surface area contributed by atoms with Gasteiger partial charge >= 0.3 is 5.97 Å². The number of hydrogen-bond donors (Lipinski definition) is 2. The minimum atomic E-state index is -1.43. The van der Waals surface area contributed by atoms with Crippen molar-refractivity contribution in [2.75, 3.05) is 6.54 Å². The van der Waals surface area contributed by atoms with Gasteiger partial charge < -0.3 is 10.8 Å². The van der Waals surface area contributed by atoms with Gasteiger partial charge in [-0.15, -0.1) is 0 Å². The van der Waals surface area contributed by atoms with Crippen LogP contribution in [0.3, 0.4) is 0 Å². The van der Waals surface area contributed by atoms with E-state index in [1.807, 2.05) is 31.2 Å². The number of nitrogens with two attached hydrogens (primary N) is 1. The number of aliphatic carboxylic acids is 1. The van der Waals surface area contributed by atoms with Gasteiger partial charge in [0.1, 0.15) is 5.25 Å². The van der Waals surface area contributed by atoms with Crippen molar-refractivity contribution >= 4 is 16.8 Å². The fraction of sp³-hybridized carbons (Fsp3) is 0.417. The highest BCUT2D eigenvalue weighted by atomic mass is 32.2. The molecule has 0 fully saturated rings. The van der Waals surface area contributed by atoms with Crippen molar-refractivity contribution < 1.29 is 14.1 Å². The van der Waals surface area contributed by atoms with Gasteiger partial charge in [-0.2, -0.15) is 0 Å². The third-order valence-electron chi connectivity index (χ3n) is 2.41. The van der Waals surface area contributed by atoms with Crippen LogP contribution in [-0.4, -0.2) is 27.1 Å². The van der Waals surface area contributed by atoms with Crippen molar-refractivity contribution in [3.8, 4) is 0 Å². The van der Waals surface area contributed by atoms with Crippen LogP contribution < -0.4 is 5.73 Å². The molecule has 2 unspecified atom stereocenters. The molecule has 0 saturated heterocycles. The molecule has 0 amide bonds. The van der Waals surface area contributed by atoms with Gasteiger partial charge in [-0.1, -0.05) is 29.8 Å². The van der Waals surface area contributed by atoms with Gasteiger partial charge in [0.15, 0.2) is 0 Å². The van der Waals surface area contributed by atoms with Crippen LogP contribution in [-0.2, 0) is 21.3 Å². The summed E-state index contributed by atoms with van der Waals surface area (Å²) in [5, 5.41) is 8.08. The molecule has 0 aliphatic carbocycles. The second-order valence-electron chi connectivity index (χ2n) is 3.92. The Morgan fingerprint density at radius 3 is 2.76 bits per heavy atom. The fourth-order valence-electron chi connectivity index (χ4n) is 1.59. The average molecular weight is 255 g/mol. The summed E-state index contributed by atoms with van der Waals surface area (Å²) in [7, 11) is -1.43. The highest BCUT2D eigenvalue weighted by Gasteiger charge is 2.23. The lowest BCUT2D eigenvalue weighted by atomic mass is 10.2. The standard InChI is InChI=1S/C12H17NO3S/c1-9-3-2-4-10(7-9)8-17(16)11(5-6-13)12(14)15/h2-4,7,11H,5-6,8,13H2,1H3,(H,14,15). The maximum atomic E-state index is 11.9. The van der Waals surface area contributed by atoms with E-state index in [9.17, 15) is 9.00 Å². The monoisotopic (exact) mass is 255 g/mol. The lowest BCUT2D eigenvalue weighted by Gasteiger charge is -2.11. The van der Waals surface area contributed by atoms with Crippen molar-refractivity contribution in [1.29, 1.82) is 0 Å². The van der Waals surface area contributed by atoms with E-state index in [0.717, 1.165) is 11.1 Å². The van der Waals surface area contributed by atoms with Gasteiger partial charge in [0.05, 0.1) is 0 Å². The Labute approximate surface area is 103 Å². The quantitative estimate of drug-likeness (QED) is 0.796. The fourth-order valence-corrected chi connectivity index (χ4v) is 2.92. The summed E-state index contributed by atoms with van der Waals surface area (Å²) in [5.74, 6) is -0.778. The topological polar surface area (TPSA) is 80.4 Å². The Balaban J connectivity index is 2.73. The molecule has 0 aliphatic rings. The van der Waals surface area contributed by atoms with Crippen molar-refractivity contribution in [1.82, 2.24) is 0 Å². The number of benzene rings is 1. The van der Waals surface area contributed by atoms with Crippen LogP contribution in [0.1, 0.15) is 17.5 Å². The molecular weight excluding hydrogens is 238 g/mol. The first-order valence-electron chi connectivity index (χ1n) is 5.40. The zero-order valence-corrected chi connectivity index (χ0v) is 10.6. The first-order chi connectivity index (χ1) is 8.04. The van der Waals surface area contributed by atoms with Gasteiger partial charge in [-0.3, -0.25) is 9.00 Å². The molecule has 0 radical (unpaired) electrons. The molecule has 0 saturated carbocycles. The molecule has 0 spiro atoms. The molecule has 5 heteroatoms. The third-order valence-corrected chi connectivity index (χ3v) is 4.10. The average Bonchev–Trinajstić information content (AvgIpc) is 2.25. The van der Waals surface area contributed by atoms with Gasteiger partial charge in [-0.25, -0.2) is 0 Å². The maximum absolute atomic E-state index is 11.9. The van der Waals surface area contributed by atoms with Crippen molar-refractivity contribution in [3.05, 3.63) is 35.4 Å². The zero-order chi connectivity index (χ0) is 12.8. The van der Waals surface area contributed by atoms with Crippen LogP contribution in [0, 0.1) is 6.92 Å². The predicted molar refractivity (Wildman–Crippen MR) is 68.1 cm³/mol. The lowest BCUT2D eigenvalue weighted by Crippen LogP contribution is -2.29. The zero-order valence-electron chi connectivity index (χ0n) is 9.76. The molecule has 3 N–H and O–H groups in total. The van der Waals surface area contributed by atoms with Crippen LogP contribution in [0.5, 0.6) is 0 Å². The molecule has 2 atom stereocenters. The van der Waals surface area contributed by atoms with Gasteiger partial charge in [0.2, 0.25) is 0 Å². The van der Waals surface area contributed by atoms with E-state index in [4.69, 9.17) is 10.8 Å². The maximum Gasteiger partial charge on any atom is 0.319 e. The number of rotatable bonds is 6. The number of carbonyl (C=O) groups is 1. The van der Waals surface area contributed by atoms with E-state index in [1.54, 1.807) is 0 Å². The molecule has 1 aromatic rings. The Morgan fingerprint density at radius 2 is 2.24 bits per heavy atom. The second kappa shape index (κ2) is 6.51. The molecule has 1 aromatic carbocycles. The number of hydrogen-bond acceptors (Lipinski definition) is 3. The Hall–Kier alpha value is -1.20. The number of aryl methyl sites for hydroxylation is 1. The first kappa shape index (κ1) is 13.9. The van der Waals surface area contributed by atoms with Crippen LogP contribution in [0.4, 0.5) is 0 Å². The van der Waals surface area contributed by atoms with Crippen molar-refractivity contribution in [2.45, 2.75) is 24.3 Å². The summed E-state index contributed by atoms with van der Waals surface area (Å²) in [5.41, 5.74) is 7.29. The first-order valence-corrected chi connectivity index (χ1v) is 6.78. The smallest absolute Gasteiger partial charge is 0.319 e. The summed E-state index contributed by atoms with van der Waals surface area (Å²) in [6.07, 6.45) is 0.244. The van der Waals surface area contributed by atoms with E-state index in [1.165, 1.54) is 0 Å². The van der Waals surface area contributed by atoms with Gasteiger partial charge in [0, 0.05) is 16.6 Å². The summed E-state index contributed by atoms with van der Waals surface area (Å²) in [6, 6.07) is 7.59. The molecule has 0 bridgehead atoms. The van der Waals surface area contributed by atoms with Crippen molar-refractivity contribution in [2.24, 2.45) is 5.73 Å². The van der Waals surface area contributed by atoms with Crippen LogP contribution >= 0.6 is 0 Å². The highest BCUT2D eigenvalue weighted by Crippen LogP contribution is 2.11. The summed E-state index contributed by atoms with van der Waals surface area (Å²) >= 11 is 0. The van der Waals surface area contributed by atoms with Crippen LogP contribution in [0.15, 0.2) is 24.3 Å². The molecule has 17 heavy (non-hydrogen) atoms. The van der Waals surface area contributed by atoms with E-state index in [0.29, 0.717) is 0 Å². The minimum Gasteiger partial charge on any atom is -0.480 e. The molecular formula is C12H17NO3S. The summed E-state index contributed by atoms with van der Waals surface area (Å²) in [6.45, 7) is 2.18. The van der Waals surface area contributed by atoms with E-state index in [-0.39, 0.29) is 18.7 Å². The Bertz CT molecular complexity index is 420. The molecule has 0 aromatic heterocycles. The SMILES string of the molecule is Cc1cccc(CS(=O)C(CCN)C(=O)O)c1. The summed E-state index contributed by atoms with van der Waals surface area (Å²) < 4.78 is 11.9. The third kappa shape index (κ3) is 4.28. The molecule has 1 rings (SSSR count). The second-order valence-corrected chi connectivity index (χ2v) is 5.54. The van der Waals surface area contributed by atoms with Crippen molar-refractivity contribution in [3.63, 3.8) is 0 Å². The molecule has 4 nitrogen and oxygen atoms in total. The van der Waals surface area contributed by atoms with E-state index < -0.39 is 22.0 Å². The molecule has 0 heterocycles. The van der Waals surface area contributed by atoms with E-state index >= 15 is 0 Å². The Kier molecular flexibility index (Phi) is 5.31. The van der Waals surface area contributed by atoms with Gasteiger partial charge in [0.25, 0.3) is 0 Å². The number of carboxylic acids is 1. The normalized spacial score (nSPS) is 14.2. The van der Waals surface area contributed by atoms with Gasteiger partial charge in [-0.05, 0) is 25.5 Å². The van der Waals surface area contributed by atoms with E-state index in [2.05, 4.69) is 0 Å². The predicted octanol–water partition coefficient (Wildman–Crippen LogP) is 1.05. The van der Waals surface area contributed by atoms with Crippen LogP contribution in [0.2, 0.25) is 0 Å². The Morgan fingerprint density at radius 1 is 1.53 bits per heavy atom. The lowest BCUT2D eigenvalue weighted by molar-refractivity contribution is -0.136. The largest absolute Gasteiger partial charge is 0.480 e. The number of carboxylic acid groups (broad SMARTS) is 1. The minimum absolute atomic E-state index is 0.233. The van der Waals surface area contributed by atoms with Crippen LogP contribution in [0.25, 0.3) is 0 Å². The summed E-state index contributed by atoms with van der Waals surface area (Å²) in [4.78, 5) is 10.9. The highest BCUT2D eigenvalue weighted by molar-refractivity contribution is 7.85.